The zero-order chi connectivity index (χ0) is 24.0. The minimum Gasteiger partial charge on any atom is -0.482 e. The van der Waals surface area contributed by atoms with Crippen LogP contribution in [0.1, 0.15) is 12.5 Å². The molecule has 0 saturated carbocycles. The van der Waals surface area contributed by atoms with Gasteiger partial charge in [-0.25, -0.2) is 9.29 Å². The fourth-order valence-corrected chi connectivity index (χ4v) is 4.19. The van der Waals surface area contributed by atoms with Crippen molar-refractivity contribution < 1.29 is 13.9 Å². The van der Waals surface area contributed by atoms with E-state index in [1.807, 2.05) is 13.1 Å². The van der Waals surface area contributed by atoms with Gasteiger partial charge in [-0.1, -0.05) is 35.5 Å². The lowest BCUT2D eigenvalue weighted by atomic mass is 10.1. The molecule has 7 nitrogen and oxygen atoms in total. The number of benzene rings is 2. The van der Waals surface area contributed by atoms with E-state index < -0.39 is 0 Å². The summed E-state index contributed by atoms with van der Waals surface area (Å²) in [5.41, 5.74) is 1.34. The van der Waals surface area contributed by atoms with E-state index in [9.17, 15) is 14.4 Å². The second kappa shape index (κ2) is 11.4. The lowest BCUT2D eigenvalue weighted by Crippen LogP contribution is -2.54. The predicted molar refractivity (Wildman–Crippen MR) is 129 cm³/mol. The van der Waals surface area contributed by atoms with Crippen molar-refractivity contribution in [2.45, 2.75) is 19.5 Å². The fraction of sp³-hybridized carbons (Fsp3) is 0.348. The summed E-state index contributed by atoms with van der Waals surface area (Å²) in [6.45, 7) is 4.44. The van der Waals surface area contributed by atoms with Crippen molar-refractivity contribution in [3.8, 4) is 11.9 Å². The summed E-state index contributed by atoms with van der Waals surface area (Å²) >= 11 is 7.19. The van der Waals surface area contributed by atoms with Crippen molar-refractivity contribution in [3.05, 3.63) is 58.9 Å². The van der Waals surface area contributed by atoms with Gasteiger partial charge in [0.2, 0.25) is 0 Å². The van der Waals surface area contributed by atoms with Gasteiger partial charge < -0.3 is 9.64 Å². The quantitative estimate of drug-likeness (QED) is 0.284. The van der Waals surface area contributed by atoms with Crippen LogP contribution in [0.4, 0.5) is 10.1 Å². The Hall–Kier alpha value is -2.80. The summed E-state index contributed by atoms with van der Waals surface area (Å²) in [6, 6.07) is 11.2. The van der Waals surface area contributed by atoms with E-state index in [2.05, 4.69) is 4.90 Å². The van der Waals surface area contributed by atoms with Gasteiger partial charge in [-0.2, -0.15) is 5.26 Å². The van der Waals surface area contributed by atoms with Gasteiger partial charge in [0.1, 0.15) is 17.3 Å². The Morgan fingerprint density at radius 2 is 2.06 bits per heavy atom. The molecule has 1 N–H and O–H groups in total. The number of amides is 1. The molecule has 3 rings (SSSR count). The van der Waals surface area contributed by atoms with Gasteiger partial charge in [-0.3, -0.25) is 15.1 Å². The molecule has 1 aliphatic heterocycles. The fourth-order valence-electron chi connectivity index (χ4n) is 3.70. The van der Waals surface area contributed by atoms with Gasteiger partial charge in [-0.05, 0) is 49.1 Å². The highest BCUT2D eigenvalue weighted by Gasteiger charge is 2.28. The minimum absolute atomic E-state index is 0.0136. The molecular weight excluding hydrogens is 465 g/mol. The van der Waals surface area contributed by atoms with Crippen molar-refractivity contribution in [2.75, 3.05) is 37.4 Å². The van der Waals surface area contributed by atoms with Crippen LogP contribution in [0.25, 0.3) is 0 Å². The molecule has 0 aliphatic carbocycles. The summed E-state index contributed by atoms with van der Waals surface area (Å²) in [7, 11) is 0. The molecule has 1 aliphatic rings. The first kappa shape index (κ1) is 24.8. The van der Waals surface area contributed by atoms with E-state index in [-0.39, 0.29) is 29.5 Å². The number of nitrogens with one attached hydrogen (secondary N) is 1. The molecule has 0 aromatic heterocycles. The van der Waals surface area contributed by atoms with Gasteiger partial charge in [0, 0.05) is 37.2 Å². The molecule has 10 heteroatoms. The highest BCUT2D eigenvalue weighted by Crippen LogP contribution is 2.32. The topological polar surface area (TPSA) is 83.7 Å². The van der Waals surface area contributed by atoms with Crippen LogP contribution in [-0.2, 0) is 11.3 Å². The number of carbonyl (C=O) groups excluding carboxylic acids is 1. The maximum absolute atomic E-state index is 13.1. The standard InChI is InChI=1S/C23H25ClFN5O2S/c1-16-12-28(13-17-3-6-19(25)7-4-17)9-10-29(16)22(31)14-32-21-8-5-18(24)11-20(21)30(15-26)23(27)33-2/h3-8,11,16,27H,9-10,12-14H2,1-2H3. The van der Waals surface area contributed by atoms with Gasteiger partial charge in [0.15, 0.2) is 18.0 Å². The number of halogens is 2. The molecule has 2 aromatic carbocycles. The average molecular weight is 490 g/mol. The SMILES string of the molecule is CSC(=N)N(C#N)c1cc(Cl)ccc1OCC(=O)N1CCN(Cc2ccc(F)cc2)CC1C. The van der Waals surface area contributed by atoms with Crippen molar-refractivity contribution in [2.24, 2.45) is 0 Å². The maximum Gasteiger partial charge on any atom is 0.260 e. The number of nitriles is 1. The smallest absolute Gasteiger partial charge is 0.260 e. The normalized spacial score (nSPS) is 16.2. The number of amidine groups is 1. The number of thioether (sulfide) groups is 1. The summed E-state index contributed by atoms with van der Waals surface area (Å²) in [4.78, 5) is 18.0. The van der Waals surface area contributed by atoms with E-state index in [1.165, 1.54) is 18.2 Å². The Balaban J connectivity index is 1.61. The second-order valence-corrected chi connectivity index (χ2v) is 8.87. The van der Waals surface area contributed by atoms with Crippen molar-refractivity contribution >= 4 is 40.1 Å². The molecule has 33 heavy (non-hydrogen) atoms. The highest BCUT2D eigenvalue weighted by molar-refractivity contribution is 8.13. The first-order chi connectivity index (χ1) is 15.8. The summed E-state index contributed by atoms with van der Waals surface area (Å²) in [5.74, 6) is -0.112. The van der Waals surface area contributed by atoms with Gasteiger partial charge in [-0.15, -0.1) is 0 Å². The maximum atomic E-state index is 13.1. The first-order valence-electron chi connectivity index (χ1n) is 10.3. The number of hydrogen-bond acceptors (Lipinski definition) is 6. The van der Waals surface area contributed by atoms with Crippen LogP contribution in [0.15, 0.2) is 42.5 Å². The number of piperazine rings is 1. The second-order valence-electron chi connectivity index (χ2n) is 7.64. The zero-order valence-electron chi connectivity index (χ0n) is 18.4. The molecule has 2 aromatic rings. The van der Waals surface area contributed by atoms with E-state index in [0.717, 1.165) is 22.2 Å². The van der Waals surface area contributed by atoms with Crippen molar-refractivity contribution in [1.82, 2.24) is 9.80 Å². The van der Waals surface area contributed by atoms with Crippen molar-refractivity contribution in [3.63, 3.8) is 0 Å². The number of rotatable bonds is 6. The lowest BCUT2D eigenvalue weighted by Gasteiger charge is -2.40. The van der Waals surface area contributed by atoms with Crippen LogP contribution < -0.4 is 9.64 Å². The Bertz CT molecular complexity index is 1050. The average Bonchev–Trinajstić information content (AvgIpc) is 2.80. The summed E-state index contributed by atoms with van der Waals surface area (Å²) < 4.78 is 18.9. The third kappa shape index (κ3) is 6.38. The van der Waals surface area contributed by atoms with Crippen LogP contribution in [-0.4, -0.2) is 59.4 Å². The molecular formula is C23H25ClFN5O2S. The van der Waals surface area contributed by atoms with Gasteiger partial charge in [0.05, 0.1) is 0 Å². The predicted octanol–water partition coefficient (Wildman–Crippen LogP) is 4.18. The summed E-state index contributed by atoms with van der Waals surface area (Å²) in [6.07, 6.45) is 3.64. The number of ether oxygens (including phenoxy) is 1. The first-order valence-corrected chi connectivity index (χ1v) is 11.9. The van der Waals surface area contributed by atoms with Crippen molar-refractivity contribution in [1.29, 1.82) is 10.7 Å². The Morgan fingerprint density at radius 3 is 2.70 bits per heavy atom. The van der Waals surface area contributed by atoms with E-state index in [0.29, 0.717) is 42.6 Å². The monoisotopic (exact) mass is 489 g/mol. The molecule has 1 unspecified atom stereocenters. The van der Waals surface area contributed by atoms with E-state index >= 15 is 0 Å². The molecule has 1 atom stereocenters. The number of nitrogens with zero attached hydrogens (tertiary/aromatic N) is 4. The minimum atomic E-state index is -0.255. The van der Waals surface area contributed by atoms with Crippen LogP contribution in [0.2, 0.25) is 5.02 Å². The molecule has 174 valence electrons. The Kier molecular flexibility index (Phi) is 8.55. The molecule has 1 amide bonds. The number of anilines is 1. The largest absolute Gasteiger partial charge is 0.482 e. The number of hydrogen-bond donors (Lipinski definition) is 1. The van der Waals surface area contributed by atoms with Gasteiger partial charge in [0.25, 0.3) is 5.91 Å². The number of carbonyl (C=O) groups is 1. The summed E-state index contributed by atoms with van der Waals surface area (Å²) in [5, 5.41) is 17.9. The molecule has 1 fully saturated rings. The molecule has 0 radical (unpaired) electrons. The third-order valence-corrected chi connectivity index (χ3v) is 6.17. The zero-order valence-corrected chi connectivity index (χ0v) is 20.0. The molecule has 0 spiro atoms. The Morgan fingerprint density at radius 1 is 1.33 bits per heavy atom. The van der Waals surface area contributed by atoms with Crippen LogP contribution >= 0.6 is 23.4 Å². The van der Waals surface area contributed by atoms with Crippen LogP contribution in [0.5, 0.6) is 5.75 Å². The van der Waals surface area contributed by atoms with E-state index in [1.54, 1.807) is 35.4 Å². The van der Waals surface area contributed by atoms with E-state index in [4.69, 9.17) is 21.7 Å². The van der Waals surface area contributed by atoms with Crippen LogP contribution in [0.3, 0.4) is 0 Å². The highest BCUT2D eigenvalue weighted by atomic mass is 35.5. The van der Waals surface area contributed by atoms with Gasteiger partial charge >= 0.3 is 0 Å². The van der Waals surface area contributed by atoms with Crippen LogP contribution in [0, 0.1) is 22.7 Å². The third-order valence-electron chi connectivity index (χ3n) is 5.36. The Labute approximate surface area is 202 Å². The molecule has 0 bridgehead atoms. The lowest BCUT2D eigenvalue weighted by molar-refractivity contribution is -0.137. The molecule has 1 saturated heterocycles. The molecule has 1 heterocycles.